The number of nitrogens with one attached hydrogen (secondary N) is 2. The maximum Gasteiger partial charge on any atom is 0.343 e. The Morgan fingerprint density at radius 2 is 1.94 bits per heavy atom. The predicted molar refractivity (Wildman–Crippen MR) is 123 cm³/mol. The number of rotatable bonds is 6. The van der Waals surface area contributed by atoms with Crippen LogP contribution in [0.15, 0.2) is 51.0 Å². The van der Waals surface area contributed by atoms with Crippen molar-refractivity contribution in [2.75, 3.05) is 4.72 Å². The molecule has 1 atom stereocenters. The van der Waals surface area contributed by atoms with Gasteiger partial charge in [-0.2, -0.15) is 8.42 Å². The molecule has 0 amide bonds. The molecule has 0 aliphatic heterocycles. The first kappa shape index (κ1) is 21.8. The summed E-state index contributed by atoms with van der Waals surface area (Å²) in [5.74, 6) is 0.504. The lowest BCUT2D eigenvalue weighted by Crippen LogP contribution is -2.19. The van der Waals surface area contributed by atoms with Gasteiger partial charge in [0.15, 0.2) is 0 Å². The molecule has 3 N–H and O–H groups in total. The number of aromatic nitrogens is 2. The Labute approximate surface area is 192 Å². The molecule has 9 heteroatoms. The van der Waals surface area contributed by atoms with Crippen LogP contribution in [0.5, 0.6) is 5.75 Å². The van der Waals surface area contributed by atoms with Gasteiger partial charge in [-0.15, -0.1) is 0 Å². The molecule has 8 nitrogen and oxygen atoms in total. The summed E-state index contributed by atoms with van der Waals surface area (Å²) >= 11 is 0. The van der Waals surface area contributed by atoms with E-state index in [4.69, 9.17) is 4.42 Å². The number of imidazole rings is 1. The van der Waals surface area contributed by atoms with Crippen LogP contribution in [0.25, 0.3) is 0 Å². The Hall–Kier alpha value is -3.07. The van der Waals surface area contributed by atoms with Crippen LogP contribution in [-0.4, -0.2) is 23.5 Å². The lowest BCUT2D eigenvalue weighted by atomic mass is 9.85. The van der Waals surface area contributed by atoms with Crippen LogP contribution >= 0.6 is 0 Å². The number of benzene rings is 1. The van der Waals surface area contributed by atoms with Crippen molar-refractivity contribution in [3.8, 4) is 5.75 Å². The number of hydrogen-bond donors (Lipinski definition) is 3. The standard InChI is InChI=1S/C24H27N3O5S/c28-22-18-8-3-1-2-4-9-19(18)32-23(29)21(22)20(15-10-11-15)16-6-5-7-17(14-16)27-33(30,31)24-25-12-13-26-24/h5-7,12-15,20,27-28H,1-4,8-11H2,(H,25,26). The molecular formula is C24H27N3O5S. The van der Waals surface area contributed by atoms with Crippen molar-refractivity contribution in [1.82, 2.24) is 9.97 Å². The van der Waals surface area contributed by atoms with Crippen LogP contribution in [0.3, 0.4) is 0 Å². The summed E-state index contributed by atoms with van der Waals surface area (Å²) in [7, 11) is -3.86. The number of nitrogens with zero attached hydrogens (tertiary/aromatic N) is 1. The van der Waals surface area contributed by atoms with Crippen LogP contribution in [0, 0.1) is 5.92 Å². The van der Waals surface area contributed by atoms with Crippen LogP contribution in [0.1, 0.15) is 66.9 Å². The molecule has 0 spiro atoms. The van der Waals surface area contributed by atoms with Crippen molar-refractivity contribution in [2.24, 2.45) is 5.92 Å². The van der Waals surface area contributed by atoms with Gasteiger partial charge in [-0.3, -0.25) is 4.72 Å². The average molecular weight is 470 g/mol. The van der Waals surface area contributed by atoms with Gasteiger partial charge in [-0.25, -0.2) is 9.78 Å². The molecule has 1 fully saturated rings. The largest absolute Gasteiger partial charge is 0.507 e. The van der Waals surface area contributed by atoms with E-state index in [2.05, 4.69) is 14.7 Å². The third-order valence-electron chi connectivity index (χ3n) is 6.52. The summed E-state index contributed by atoms with van der Waals surface area (Å²) in [6.07, 6.45) is 10.1. The van der Waals surface area contributed by atoms with Crippen LogP contribution in [-0.2, 0) is 22.9 Å². The van der Waals surface area contributed by atoms with Gasteiger partial charge in [-0.05, 0) is 55.7 Å². The molecular weight excluding hydrogens is 442 g/mol. The zero-order chi connectivity index (χ0) is 23.0. The third kappa shape index (κ3) is 4.42. The number of aromatic amines is 1. The third-order valence-corrected chi connectivity index (χ3v) is 7.76. The molecule has 3 aromatic rings. The molecule has 2 aliphatic rings. The first-order valence-corrected chi connectivity index (χ1v) is 12.9. The summed E-state index contributed by atoms with van der Waals surface area (Å²) in [6, 6.07) is 6.98. The highest BCUT2D eigenvalue weighted by molar-refractivity contribution is 7.92. The number of aromatic hydroxyl groups is 1. The molecule has 0 radical (unpaired) electrons. The van der Waals surface area contributed by atoms with E-state index in [-0.39, 0.29) is 22.7 Å². The molecule has 174 valence electrons. The van der Waals surface area contributed by atoms with Gasteiger partial charge in [0.25, 0.3) is 10.0 Å². The highest BCUT2D eigenvalue weighted by Gasteiger charge is 2.38. The van der Waals surface area contributed by atoms with E-state index in [1.165, 1.54) is 12.4 Å². The summed E-state index contributed by atoms with van der Waals surface area (Å²) < 4.78 is 33.4. The Kier molecular flexibility index (Phi) is 5.74. The van der Waals surface area contributed by atoms with Gasteiger partial charge in [-0.1, -0.05) is 25.0 Å². The first-order chi connectivity index (χ1) is 15.9. The second kappa shape index (κ2) is 8.70. The molecule has 2 heterocycles. The number of anilines is 1. The van der Waals surface area contributed by atoms with E-state index in [0.29, 0.717) is 29.9 Å². The Balaban J connectivity index is 1.54. The molecule has 1 saturated carbocycles. The summed E-state index contributed by atoms with van der Waals surface area (Å²) in [4.78, 5) is 19.5. The number of aryl methyl sites for hydroxylation is 1. The van der Waals surface area contributed by atoms with E-state index in [1.807, 2.05) is 6.07 Å². The first-order valence-electron chi connectivity index (χ1n) is 11.4. The number of sulfonamides is 1. The molecule has 33 heavy (non-hydrogen) atoms. The fraction of sp³-hybridized carbons (Fsp3) is 0.417. The van der Waals surface area contributed by atoms with Crippen molar-refractivity contribution < 1.29 is 17.9 Å². The normalized spacial score (nSPS) is 17.6. The topological polar surface area (TPSA) is 125 Å². The summed E-state index contributed by atoms with van der Waals surface area (Å²) in [6.45, 7) is 0. The highest BCUT2D eigenvalue weighted by Crippen LogP contribution is 2.49. The van der Waals surface area contributed by atoms with Gasteiger partial charge >= 0.3 is 5.63 Å². The van der Waals surface area contributed by atoms with Gasteiger partial charge in [0.1, 0.15) is 11.5 Å². The zero-order valence-electron chi connectivity index (χ0n) is 18.2. The van der Waals surface area contributed by atoms with Gasteiger partial charge in [0, 0.05) is 36.0 Å². The second-order valence-electron chi connectivity index (χ2n) is 8.91. The van der Waals surface area contributed by atoms with E-state index in [1.54, 1.807) is 18.2 Å². The number of H-pyrrole nitrogens is 1. The van der Waals surface area contributed by atoms with Crippen LogP contribution in [0.4, 0.5) is 5.69 Å². The minimum absolute atomic E-state index is 0.0571. The lowest BCUT2D eigenvalue weighted by Gasteiger charge is -2.22. The Morgan fingerprint density at radius 1 is 1.15 bits per heavy atom. The van der Waals surface area contributed by atoms with Crippen LogP contribution in [0.2, 0.25) is 0 Å². The quantitative estimate of drug-likeness (QED) is 0.500. The lowest BCUT2D eigenvalue weighted by molar-refractivity contribution is 0.382. The number of fused-ring (bicyclic) bond motifs is 1. The maximum absolute atomic E-state index is 13.1. The number of hydrogen-bond acceptors (Lipinski definition) is 6. The van der Waals surface area contributed by atoms with Crippen molar-refractivity contribution in [3.05, 3.63) is 69.5 Å². The van der Waals surface area contributed by atoms with Crippen LogP contribution < -0.4 is 10.3 Å². The van der Waals surface area contributed by atoms with Gasteiger partial charge in [0.2, 0.25) is 5.16 Å². The highest BCUT2D eigenvalue weighted by atomic mass is 32.2. The minimum atomic E-state index is -3.86. The van der Waals surface area contributed by atoms with Gasteiger partial charge < -0.3 is 14.5 Å². The predicted octanol–water partition coefficient (Wildman–Crippen LogP) is 4.07. The monoisotopic (exact) mass is 469 g/mol. The van der Waals surface area contributed by atoms with Crippen molar-refractivity contribution in [3.63, 3.8) is 0 Å². The molecule has 1 unspecified atom stereocenters. The van der Waals surface area contributed by atoms with E-state index >= 15 is 0 Å². The van der Waals surface area contributed by atoms with Crippen molar-refractivity contribution in [2.45, 2.75) is 62.4 Å². The zero-order valence-corrected chi connectivity index (χ0v) is 19.0. The second-order valence-corrected chi connectivity index (χ2v) is 10.5. The molecule has 0 saturated heterocycles. The fourth-order valence-electron chi connectivity index (χ4n) is 4.80. The molecule has 0 bridgehead atoms. The minimum Gasteiger partial charge on any atom is -0.507 e. The summed E-state index contributed by atoms with van der Waals surface area (Å²) in [5, 5.41) is 11.1. The van der Waals surface area contributed by atoms with E-state index in [9.17, 15) is 18.3 Å². The fourth-order valence-corrected chi connectivity index (χ4v) is 5.75. The van der Waals surface area contributed by atoms with E-state index in [0.717, 1.165) is 49.7 Å². The Morgan fingerprint density at radius 3 is 2.67 bits per heavy atom. The van der Waals surface area contributed by atoms with Crippen molar-refractivity contribution in [1.29, 1.82) is 0 Å². The SMILES string of the molecule is O=c1oc2c(c(O)c1C(c1cccc(NS(=O)(=O)c3ncc[nH]3)c1)C1CC1)CCCCCC2. The van der Waals surface area contributed by atoms with Gasteiger partial charge in [0.05, 0.1) is 5.56 Å². The maximum atomic E-state index is 13.1. The van der Waals surface area contributed by atoms with E-state index < -0.39 is 15.6 Å². The average Bonchev–Trinajstić information content (AvgIpc) is 3.42. The molecule has 5 rings (SSSR count). The molecule has 2 aliphatic carbocycles. The molecule has 2 aromatic heterocycles. The smallest absolute Gasteiger partial charge is 0.343 e. The Bertz CT molecular complexity index is 1310. The molecule has 1 aromatic carbocycles. The summed E-state index contributed by atoms with van der Waals surface area (Å²) in [5.41, 5.74) is 1.69. The van der Waals surface area contributed by atoms with Crippen molar-refractivity contribution >= 4 is 15.7 Å².